The Morgan fingerprint density at radius 2 is 2.05 bits per heavy atom. The predicted molar refractivity (Wildman–Crippen MR) is 78.3 cm³/mol. The Morgan fingerprint density at radius 3 is 2.67 bits per heavy atom. The Bertz CT molecular complexity index is 754. The number of imidazole rings is 1. The average molecular weight is 310 g/mol. The number of hydrogen-bond acceptors (Lipinski definition) is 5. The molecule has 0 bridgehead atoms. The van der Waals surface area contributed by atoms with Crippen LogP contribution in [0.1, 0.15) is 19.3 Å². The first kappa shape index (κ1) is 13.1. The summed E-state index contributed by atoms with van der Waals surface area (Å²) in [5, 5.41) is 2.18. The van der Waals surface area contributed by atoms with Crippen LogP contribution in [0.2, 0.25) is 5.28 Å². The molecule has 2 aromatic heterocycles. The van der Waals surface area contributed by atoms with Crippen molar-refractivity contribution in [2.75, 3.05) is 24.7 Å². The standard InChI is InChI=1S/C13H16ClN5O2/c1-17-9-8-15-11(14)16-10(9)19(12(17)20)18-5-2-13(3-6-18)4-7-21-13/h8H,2-7H2,1H3. The van der Waals surface area contributed by atoms with Gasteiger partial charge in [0.1, 0.15) is 5.52 Å². The Morgan fingerprint density at radius 1 is 1.33 bits per heavy atom. The second kappa shape index (κ2) is 4.45. The van der Waals surface area contributed by atoms with Crippen molar-refractivity contribution in [1.29, 1.82) is 0 Å². The summed E-state index contributed by atoms with van der Waals surface area (Å²) in [5.74, 6) is 0. The zero-order chi connectivity index (χ0) is 14.6. The van der Waals surface area contributed by atoms with E-state index in [4.69, 9.17) is 16.3 Å². The van der Waals surface area contributed by atoms with Gasteiger partial charge in [0.15, 0.2) is 5.65 Å². The van der Waals surface area contributed by atoms with Gasteiger partial charge in [0, 0.05) is 20.1 Å². The summed E-state index contributed by atoms with van der Waals surface area (Å²) in [7, 11) is 1.72. The molecule has 0 radical (unpaired) electrons. The van der Waals surface area contributed by atoms with Gasteiger partial charge in [-0.1, -0.05) is 0 Å². The maximum atomic E-state index is 12.5. The van der Waals surface area contributed by atoms with Crippen LogP contribution in [0.25, 0.3) is 11.2 Å². The fourth-order valence-electron chi connectivity index (χ4n) is 3.22. The summed E-state index contributed by atoms with van der Waals surface area (Å²) in [6.07, 6.45) is 4.59. The van der Waals surface area contributed by atoms with Gasteiger partial charge in [0.05, 0.1) is 18.4 Å². The van der Waals surface area contributed by atoms with E-state index >= 15 is 0 Å². The lowest BCUT2D eigenvalue weighted by molar-refractivity contribution is -0.159. The van der Waals surface area contributed by atoms with Gasteiger partial charge in [-0.25, -0.2) is 9.78 Å². The van der Waals surface area contributed by atoms with Gasteiger partial charge in [-0.2, -0.15) is 9.66 Å². The maximum absolute atomic E-state index is 12.5. The van der Waals surface area contributed by atoms with E-state index in [2.05, 4.69) is 9.97 Å². The second-order valence-electron chi connectivity index (χ2n) is 5.74. The molecule has 0 aromatic carbocycles. The van der Waals surface area contributed by atoms with Crippen molar-refractivity contribution >= 4 is 22.8 Å². The van der Waals surface area contributed by atoms with Gasteiger partial charge in [-0.3, -0.25) is 4.57 Å². The fraction of sp³-hybridized carbons (Fsp3) is 0.615. The largest absolute Gasteiger partial charge is 0.375 e. The minimum absolute atomic E-state index is 0.0529. The highest BCUT2D eigenvalue weighted by atomic mass is 35.5. The van der Waals surface area contributed by atoms with E-state index in [-0.39, 0.29) is 16.6 Å². The van der Waals surface area contributed by atoms with Gasteiger partial charge in [-0.05, 0) is 30.9 Å². The van der Waals surface area contributed by atoms with Crippen LogP contribution in [0.15, 0.2) is 11.0 Å². The van der Waals surface area contributed by atoms with Gasteiger partial charge >= 0.3 is 5.69 Å². The molecule has 7 nitrogen and oxygen atoms in total. The molecule has 1 spiro atoms. The summed E-state index contributed by atoms with van der Waals surface area (Å²) in [4.78, 5) is 20.7. The molecule has 8 heteroatoms. The van der Waals surface area contributed by atoms with Crippen LogP contribution in [0.5, 0.6) is 0 Å². The molecule has 2 aliphatic rings. The van der Waals surface area contributed by atoms with E-state index in [9.17, 15) is 4.79 Å². The van der Waals surface area contributed by atoms with E-state index in [1.165, 1.54) is 0 Å². The predicted octanol–water partition coefficient (Wildman–Crippen LogP) is 0.674. The second-order valence-corrected chi connectivity index (χ2v) is 6.07. The van der Waals surface area contributed by atoms with Gasteiger partial charge in [0.25, 0.3) is 0 Å². The van der Waals surface area contributed by atoms with E-state index in [0.29, 0.717) is 11.2 Å². The number of rotatable bonds is 1. The molecule has 4 heterocycles. The first-order chi connectivity index (χ1) is 10.1. The van der Waals surface area contributed by atoms with Gasteiger partial charge in [-0.15, -0.1) is 0 Å². The molecule has 0 unspecified atom stereocenters. The maximum Gasteiger partial charge on any atom is 0.349 e. The minimum Gasteiger partial charge on any atom is -0.375 e. The molecule has 112 valence electrons. The van der Waals surface area contributed by atoms with Gasteiger partial charge < -0.3 is 9.75 Å². The SMILES string of the molecule is Cn1c(=O)n(N2CCC3(CCO3)CC2)c2nc(Cl)ncc21. The van der Waals surface area contributed by atoms with E-state index < -0.39 is 0 Å². The lowest BCUT2D eigenvalue weighted by atomic mass is 9.85. The quantitative estimate of drug-likeness (QED) is 0.725. The molecule has 21 heavy (non-hydrogen) atoms. The van der Waals surface area contributed by atoms with Crippen LogP contribution >= 0.6 is 11.6 Å². The highest BCUT2D eigenvalue weighted by molar-refractivity contribution is 6.28. The number of hydrogen-bond donors (Lipinski definition) is 0. The molecule has 2 aromatic rings. The number of aromatic nitrogens is 4. The topological polar surface area (TPSA) is 65.2 Å². The highest BCUT2D eigenvalue weighted by Gasteiger charge is 2.41. The Kier molecular flexibility index (Phi) is 2.77. The summed E-state index contributed by atoms with van der Waals surface area (Å²) < 4.78 is 8.89. The molecular formula is C13H16ClN5O2. The minimum atomic E-state index is -0.118. The van der Waals surface area contributed by atoms with Crippen molar-refractivity contribution < 1.29 is 4.74 Å². The molecule has 2 fully saturated rings. The summed E-state index contributed by atoms with van der Waals surface area (Å²) >= 11 is 5.88. The van der Waals surface area contributed by atoms with E-state index in [1.807, 2.05) is 5.01 Å². The lowest BCUT2D eigenvalue weighted by Crippen LogP contribution is -2.56. The van der Waals surface area contributed by atoms with Gasteiger partial charge in [0.2, 0.25) is 5.28 Å². The summed E-state index contributed by atoms with van der Waals surface area (Å²) in [6, 6.07) is 0. The van der Waals surface area contributed by atoms with Crippen molar-refractivity contribution in [2.45, 2.75) is 24.9 Å². The van der Waals surface area contributed by atoms with Crippen LogP contribution in [0, 0.1) is 0 Å². The summed E-state index contributed by atoms with van der Waals surface area (Å²) in [6.45, 7) is 2.42. The molecule has 2 aliphatic heterocycles. The first-order valence-corrected chi connectivity index (χ1v) is 7.47. The van der Waals surface area contributed by atoms with Crippen molar-refractivity contribution in [3.05, 3.63) is 22.0 Å². The Balaban J connectivity index is 1.75. The van der Waals surface area contributed by atoms with Crippen molar-refractivity contribution in [1.82, 2.24) is 19.2 Å². The van der Waals surface area contributed by atoms with Crippen LogP contribution in [-0.2, 0) is 11.8 Å². The van der Waals surface area contributed by atoms with Crippen molar-refractivity contribution in [2.24, 2.45) is 7.05 Å². The number of piperidine rings is 1. The molecule has 0 saturated carbocycles. The third kappa shape index (κ3) is 1.87. The van der Waals surface area contributed by atoms with Crippen LogP contribution in [-0.4, -0.2) is 44.5 Å². The fourth-order valence-corrected chi connectivity index (χ4v) is 3.35. The third-order valence-electron chi connectivity index (χ3n) is 4.65. The van der Waals surface area contributed by atoms with E-state index in [0.717, 1.165) is 39.0 Å². The highest BCUT2D eigenvalue weighted by Crippen LogP contribution is 2.36. The molecule has 0 amide bonds. The molecule has 0 aliphatic carbocycles. The zero-order valence-corrected chi connectivity index (χ0v) is 12.5. The van der Waals surface area contributed by atoms with Crippen molar-refractivity contribution in [3.63, 3.8) is 0 Å². The smallest absolute Gasteiger partial charge is 0.349 e. The molecule has 2 saturated heterocycles. The lowest BCUT2D eigenvalue weighted by Gasteiger charge is -2.47. The number of fused-ring (bicyclic) bond motifs is 1. The number of ether oxygens (including phenoxy) is 1. The third-order valence-corrected chi connectivity index (χ3v) is 4.83. The Hall–Kier alpha value is -1.60. The van der Waals surface area contributed by atoms with E-state index in [1.54, 1.807) is 22.5 Å². The summed E-state index contributed by atoms with van der Waals surface area (Å²) in [5.41, 5.74) is 1.18. The normalized spacial score (nSPS) is 21.0. The first-order valence-electron chi connectivity index (χ1n) is 7.09. The number of halogens is 1. The number of aryl methyl sites for hydroxylation is 1. The number of nitrogens with zero attached hydrogens (tertiary/aromatic N) is 5. The monoisotopic (exact) mass is 309 g/mol. The van der Waals surface area contributed by atoms with Crippen LogP contribution in [0.4, 0.5) is 0 Å². The molecular weight excluding hydrogens is 294 g/mol. The average Bonchev–Trinajstić information content (AvgIpc) is 2.69. The molecule has 0 N–H and O–H groups in total. The Labute approximate surface area is 126 Å². The molecule has 4 rings (SSSR count). The van der Waals surface area contributed by atoms with Crippen LogP contribution in [0.3, 0.4) is 0 Å². The van der Waals surface area contributed by atoms with Crippen LogP contribution < -0.4 is 10.7 Å². The molecule has 0 atom stereocenters. The van der Waals surface area contributed by atoms with Crippen molar-refractivity contribution in [3.8, 4) is 0 Å². The zero-order valence-electron chi connectivity index (χ0n) is 11.8.